The van der Waals surface area contributed by atoms with E-state index in [0.29, 0.717) is 11.1 Å². The molecule has 2 saturated heterocycles. The minimum atomic E-state index is 0.547. The second kappa shape index (κ2) is 3.30. The number of rotatable bonds is 2. The molecule has 1 spiro atoms. The molecule has 0 aromatic carbocycles. The van der Waals surface area contributed by atoms with Crippen LogP contribution in [0, 0.1) is 16.7 Å². The Bertz CT molecular complexity index is 443. The first kappa shape index (κ1) is 9.82. The van der Waals surface area contributed by atoms with Crippen molar-refractivity contribution in [2.24, 2.45) is 12.5 Å². The van der Waals surface area contributed by atoms with Gasteiger partial charge in [0.05, 0.1) is 12.0 Å². The van der Waals surface area contributed by atoms with Gasteiger partial charge in [0.2, 0.25) is 0 Å². The molecule has 0 saturated carbocycles. The summed E-state index contributed by atoms with van der Waals surface area (Å²) >= 11 is 0. The third-order valence-corrected chi connectivity index (χ3v) is 3.66. The highest BCUT2D eigenvalue weighted by atomic mass is 15.3. The van der Waals surface area contributed by atoms with Crippen molar-refractivity contribution in [1.82, 2.24) is 19.8 Å². The molecule has 16 heavy (non-hydrogen) atoms. The smallest absolute Gasteiger partial charge is 0.162 e. The molecule has 2 fully saturated rings. The molecular weight excluding hydrogens is 202 g/mol. The summed E-state index contributed by atoms with van der Waals surface area (Å²) < 4.78 is 1.95. The van der Waals surface area contributed by atoms with Crippen molar-refractivity contribution in [3.05, 3.63) is 17.7 Å². The third-order valence-electron chi connectivity index (χ3n) is 3.66. The van der Waals surface area contributed by atoms with E-state index in [1.807, 2.05) is 11.6 Å². The van der Waals surface area contributed by atoms with Gasteiger partial charge in [-0.25, -0.2) is 4.98 Å². The van der Waals surface area contributed by atoms with Gasteiger partial charge in [0.25, 0.3) is 0 Å². The largest absolute Gasteiger partial charge is 0.335 e. The average molecular weight is 217 g/mol. The number of hydrogen-bond donors (Lipinski definition) is 1. The quantitative estimate of drug-likeness (QED) is 0.738. The summed E-state index contributed by atoms with van der Waals surface area (Å²) in [6.07, 6.45) is 1.72. The first-order chi connectivity index (χ1) is 7.72. The molecule has 0 atom stereocenters. The van der Waals surface area contributed by atoms with E-state index in [1.54, 1.807) is 6.33 Å². The average Bonchev–Trinajstić information content (AvgIpc) is 2.49. The monoisotopic (exact) mass is 217 g/mol. The lowest BCUT2D eigenvalue weighted by Gasteiger charge is -2.56. The lowest BCUT2D eigenvalue weighted by molar-refractivity contribution is -0.0455. The molecular formula is C11H15N5. The molecule has 0 aliphatic carbocycles. The topological polar surface area (TPSA) is 56.9 Å². The van der Waals surface area contributed by atoms with E-state index < -0.39 is 0 Å². The molecule has 5 heteroatoms. The summed E-state index contributed by atoms with van der Waals surface area (Å²) in [5, 5.41) is 12.3. The van der Waals surface area contributed by atoms with E-state index in [9.17, 15) is 0 Å². The van der Waals surface area contributed by atoms with Gasteiger partial charge in [0.1, 0.15) is 6.07 Å². The highest BCUT2D eigenvalue weighted by molar-refractivity contribution is 5.26. The minimum absolute atomic E-state index is 0.547. The van der Waals surface area contributed by atoms with Gasteiger partial charge in [0.15, 0.2) is 5.69 Å². The standard InChI is InChI=1S/C11H15N5/c1-15-8-14-9(2-12)10(15)3-16-6-11(7-16)4-13-5-11/h8,13H,3-7H2,1H3. The number of nitrogens with zero attached hydrogens (tertiary/aromatic N) is 4. The molecule has 1 aromatic heterocycles. The summed E-state index contributed by atoms with van der Waals surface area (Å²) in [6.45, 7) is 5.45. The van der Waals surface area contributed by atoms with Crippen LogP contribution in [0.25, 0.3) is 0 Å². The Balaban J connectivity index is 1.67. The second-order valence-corrected chi connectivity index (χ2v) is 5.01. The Morgan fingerprint density at radius 1 is 1.56 bits per heavy atom. The number of hydrogen-bond acceptors (Lipinski definition) is 4. The van der Waals surface area contributed by atoms with E-state index in [4.69, 9.17) is 5.26 Å². The molecule has 0 unspecified atom stereocenters. The maximum absolute atomic E-state index is 8.94. The van der Waals surface area contributed by atoms with Gasteiger partial charge in [-0.05, 0) is 0 Å². The lowest BCUT2D eigenvalue weighted by atomic mass is 9.74. The van der Waals surface area contributed by atoms with E-state index in [-0.39, 0.29) is 0 Å². The number of nitriles is 1. The van der Waals surface area contributed by atoms with Gasteiger partial charge in [-0.2, -0.15) is 5.26 Å². The van der Waals surface area contributed by atoms with Gasteiger partial charge in [-0.3, -0.25) is 4.90 Å². The first-order valence-corrected chi connectivity index (χ1v) is 5.56. The Kier molecular flexibility index (Phi) is 2.03. The summed E-state index contributed by atoms with van der Waals surface area (Å²) in [5.74, 6) is 0. The predicted molar refractivity (Wildman–Crippen MR) is 58.5 cm³/mol. The molecule has 0 bridgehead atoms. The zero-order valence-electron chi connectivity index (χ0n) is 9.40. The van der Waals surface area contributed by atoms with Crippen LogP contribution in [-0.2, 0) is 13.6 Å². The molecule has 3 heterocycles. The maximum atomic E-state index is 8.94. The van der Waals surface area contributed by atoms with Gasteiger partial charge in [-0.1, -0.05) is 0 Å². The fourth-order valence-electron chi connectivity index (χ4n) is 2.66. The Hall–Kier alpha value is -1.38. The molecule has 0 amide bonds. The van der Waals surface area contributed by atoms with E-state index in [1.165, 1.54) is 0 Å². The fourth-order valence-corrected chi connectivity index (χ4v) is 2.66. The van der Waals surface area contributed by atoms with Crippen molar-refractivity contribution >= 4 is 0 Å². The highest BCUT2D eigenvalue weighted by Gasteiger charge is 2.47. The van der Waals surface area contributed by atoms with Crippen molar-refractivity contribution in [3.63, 3.8) is 0 Å². The van der Waals surface area contributed by atoms with Crippen LogP contribution in [-0.4, -0.2) is 40.6 Å². The highest BCUT2D eigenvalue weighted by Crippen LogP contribution is 2.34. The SMILES string of the molecule is Cn1cnc(C#N)c1CN1CC2(CNC2)C1. The zero-order valence-corrected chi connectivity index (χ0v) is 9.40. The van der Waals surface area contributed by atoms with Crippen LogP contribution in [0.15, 0.2) is 6.33 Å². The van der Waals surface area contributed by atoms with Crippen LogP contribution in [0.3, 0.4) is 0 Å². The predicted octanol–water partition coefficient (Wildman–Crippen LogP) is -0.303. The molecule has 5 nitrogen and oxygen atoms in total. The van der Waals surface area contributed by atoms with Crippen LogP contribution in [0.1, 0.15) is 11.4 Å². The minimum Gasteiger partial charge on any atom is -0.335 e. The zero-order chi connectivity index (χ0) is 11.2. The maximum Gasteiger partial charge on any atom is 0.162 e. The van der Waals surface area contributed by atoms with Crippen LogP contribution >= 0.6 is 0 Å². The molecule has 84 valence electrons. The van der Waals surface area contributed by atoms with E-state index in [0.717, 1.165) is 38.4 Å². The molecule has 1 N–H and O–H groups in total. The molecule has 3 rings (SSSR count). The van der Waals surface area contributed by atoms with Crippen LogP contribution in [0.4, 0.5) is 0 Å². The normalized spacial score (nSPS) is 22.5. The van der Waals surface area contributed by atoms with E-state index >= 15 is 0 Å². The van der Waals surface area contributed by atoms with Crippen molar-refractivity contribution in [1.29, 1.82) is 5.26 Å². The van der Waals surface area contributed by atoms with E-state index in [2.05, 4.69) is 21.3 Å². The number of likely N-dealkylation sites (tertiary alicyclic amines) is 1. The number of imidazole rings is 1. The van der Waals surface area contributed by atoms with Crippen LogP contribution in [0.5, 0.6) is 0 Å². The first-order valence-electron chi connectivity index (χ1n) is 5.56. The van der Waals surface area contributed by atoms with Gasteiger partial charge >= 0.3 is 0 Å². The number of aromatic nitrogens is 2. The summed E-state index contributed by atoms with van der Waals surface area (Å²) in [5.41, 5.74) is 2.14. The van der Waals surface area contributed by atoms with Crippen molar-refractivity contribution in [3.8, 4) is 6.07 Å². The van der Waals surface area contributed by atoms with Gasteiger partial charge < -0.3 is 9.88 Å². The number of nitrogens with one attached hydrogen (secondary N) is 1. The molecule has 2 aliphatic heterocycles. The second-order valence-electron chi connectivity index (χ2n) is 5.01. The van der Waals surface area contributed by atoms with Crippen LogP contribution in [0.2, 0.25) is 0 Å². The summed E-state index contributed by atoms with van der Waals surface area (Å²) in [6, 6.07) is 2.15. The van der Waals surface area contributed by atoms with Crippen molar-refractivity contribution < 1.29 is 0 Å². The Labute approximate surface area is 94.7 Å². The fraction of sp³-hybridized carbons (Fsp3) is 0.636. The van der Waals surface area contributed by atoms with Gasteiger partial charge in [-0.15, -0.1) is 0 Å². The molecule has 2 aliphatic rings. The van der Waals surface area contributed by atoms with Crippen molar-refractivity contribution in [2.45, 2.75) is 6.54 Å². The van der Waals surface area contributed by atoms with Gasteiger partial charge in [0, 0.05) is 45.2 Å². The third kappa shape index (κ3) is 1.34. The number of aryl methyl sites for hydroxylation is 1. The molecule has 0 radical (unpaired) electrons. The van der Waals surface area contributed by atoms with Crippen LogP contribution < -0.4 is 5.32 Å². The summed E-state index contributed by atoms with van der Waals surface area (Å²) in [7, 11) is 1.95. The Morgan fingerprint density at radius 3 is 2.88 bits per heavy atom. The Morgan fingerprint density at radius 2 is 2.31 bits per heavy atom. The van der Waals surface area contributed by atoms with Crippen molar-refractivity contribution in [2.75, 3.05) is 26.2 Å². The lowest BCUT2D eigenvalue weighted by Crippen LogP contribution is -2.70. The molecule has 1 aromatic rings. The summed E-state index contributed by atoms with van der Waals surface area (Å²) in [4.78, 5) is 6.47.